The molecule has 14 heavy (non-hydrogen) atoms. The Kier molecular flexibility index (Phi) is 3.69. The summed E-state index contributed by atoms with van der Waals surface area (Å²) in [6.07, 6.45) is 0.231. The number of esters is 1. The summed E-state index contributed by atoms with van der Waals surface area (Å²) in [6, 6.07) is 9.00. The first kappa shape index (κ1) is 10.3. The maximum Gasteiger partial charge on any atom is 0.338 e. The Bertz CT molecular complexity index is 366. The summed E-state index contributed by atoms with van der Waals surface area (Å²) < 4.78 is 4.87. The minimum Gasteiger partial charge on any atom is -0.462 e. The van der Waals surface area contributed by atoms with E-state index in [-0.39, 0.29) is 12.4 Å². The number of rotatable bonds is 3. The van der Waals surface area contributed by atoms with Gasteiger partial charge in [-0.3, -0.25) is 0 Å². The van der Waals surface area contributed by atoms with Crippen molar-refractivity contribution in [2.75, 3.05) is 6.61 Å². The van der Waals surface area contributed by atoms with Gasteiger partial charge in [-0.05, 0) is 18.6 Å². The number of hydrogen-bond donors (Lipinski definition) is 0. The zero-order chi connectivity index (χ0) is 10.4. The van der Waals surface area contributed by atoms with Crippen LogP contribution >= 0.6 is 0 Å². The largest absolute Gasteiger partial charge is 0.462 e. The molecule has 0 aliphatic heterocycles. The van der Waals surface area contributed by atoms with Gasteiger partial charge in [-0.15, -0.1) is 0 Å². The van der Waals surface area contributed by atoms with Crippen LogP contribution in [0, 0.1) is 11.3 Å². The summed E-state index contributed by atoms with van der Waals surface area (Å²) >= 11 is 0. The quantitative estimate of drug-likeness (QED) is 0.682. The van der Waals surface area contributed by atoms with Crippen LogP contribution in [-0.2, 0) is 11.2 Å². The van der Waals surface area contributed by atoms with E-state index in [1.54, 1.807) is 31.2 Å². The topological polar surface area (TPSA) is 50.1 Å². The Balaban J connectivity index is 2.95. The van der Waals surface area contributed by atoms with Crippen LogP contribution in [0.1, 0.15) is 22.8 Å². The summed E-state index contributed by atoms with van der Waals surface area (Å²) in [7, 11) is 0. The average molecular weight is 189 g/mol. The Morgan fingerprint density at radius 1 is 1.50 bits per heavy atom. The first-order valence-electron chi connectivity index (χ1n) is 4.41. The van der Waals surface area contributed by atoms with Gasteiger partial charge < -0.3 is 4.74 Å². The summed E-state index contributed by atoms with van der Waals surface area (Å²) in [5, 5.41) is 8.55. The van der Waals surface area contributed by atoms with E-state index in [0.29, 0.717) is 17.7 Å². The molecule has 0 N–H and O–H groups in total. The molecule has 0 fully saturated rings. The molecule has 0 amide bonds. The second-order valence-electron chi connectivity index (χ2n) is 2.71. The molecule has 0 spiro atoms. The van der Waals surface area contributed by atoms with Crippen molar-refractivity contribution in [3.05, 3.63) is 35.4 Å². The molecular weight excluding hydrogens is 178 g/mol. The van der Waals surface area contributed by atoms with Crippen molar-refractivity contribution in [3.63, 3.8) is 0 Å². The molecule has 0 aromatic heterocycles. The molecule has 0 radical (unpaired) electrons. The molecule has 0 atom stereocenters. The van der Waals surface area contributed by atoms with Crippen molar-refractivity contribution in [2.45, 2.75) is 13.3 Å². The fraction of sp³-hybridized carbons (Fsp3) is 0.273. The zero-order valence-corrected chi connectivity index (χ0v) is 7.99. The number of ether oxygens (including phenoxy) is 1. The van der Waals surface area contributed by atoms with Gasteiger partial charge in [0.25, 0.3) is 0 Å². The SMILES string of the molecule is CCOC(=O)c1ccccc1CC#N. The van der Waals surface area contributed by atoms with Gasteiger partial charge in [0, 0.05) is 0 Å². The van der Waals surface area contributed by atoms with E-state index in [0.717, 1.165) is 0 Å². The summed E-state index contributed by atoms with van der Waals surface area (Å²) in [5.41, 5.74) is 1.20. The van der Waals surface area contributed by atoms with Gasteiger partial charge in [0.2, 0.25) is 0 Å². The molecule has 3 heteroatoms. The van der Waals surface area contributed by atoms with Crippen molar-refractivity contribution in [1.82, 2.24) is 0 Å². The van der Waals surface area contributed by atoms with Gasteiger partial charge in [0.05, 0.1) is 24.7 Å². The van der Waals surface area contributed by atoms with Gasteiger partial charge in [0.15, 0.2) is 0 Å². The lowest BCUT2D eigenvalue weighted by Crippen LogP contribution is -2.07. The minimum atomic E-state index is -0.363. The van der Waals surface area contributed by atoms with E-state index in [2.05, 4.69) is 0 Å². The zero-order valence-electron chi connectivity index (χ0n) is 7.99. The number of carbonyl (C=O) groups excluding carboxylic acids is 1. The second kappa shape index (κ2) is 5.03. The fourth-order valence-electron chi connectivity index (χ4n) is 1.17. The Morgan fingerprint density at radius 3 is 2.86 bits per heavy atom. The van der Waals surface area contributed by atoms with Gasteiger partial charge in [0.1, 0.15) is 0 Å². The number of nitrogens with zero attached hydrogens (tertiary/aromatic N) is 1. The maximum atomic E-state index is 11.4. The Hall–Kier alpha value is -1.82. The first-order chi connectivity index (χ1) is 6.79. The minimum absolute atomic E-state index is 0.231. The van der Waals surface area contributed by atoms with Crippen LogP contribution in [0.5, 0.6) is 0 Å². The highest BCUT2D eigenvalue weighted by Crippen LogP contribution is 2.10. The normalized spacial score (nSPS) is 9.14. The molecule has 0 unspecified atom stereocenters. The predicted octanol–water partition coefficient (Wildman–Crippen LogP) is 1.93. The van der Waals surface area contributed by atoms with E-state index in [9.17, 15) is 4.79 Å². The predicted molar refractivity (Wildman–Crippen MR) is 51.7 cm³/mol. The standard InChI is InChI=1S/C11H11NO2/c1-2-14-11(13)10-6-4-3-5-9(10)7-8-12/h3-6H,2,7H2,1H3. The van der Waals surface area contributed by atoms with Gasteiger partial charge in [-0.2, -0.15) is 5.26 Å². The van der Waals surface area contributed by atoms with Crippen molar-refractivity contribution < 1.29 is 9.53 Å². The monoisotopic (exact) mass is 189 g/mol. The highest BCUT2D eigenvalue weighted by Gasteiger charge is 2.10. The Morgan fingerprint density at radius 2 is 2.21 bits per heavy atom. The van der Waals surface area contributed by atoms with Gasteiger partial charge in [-0.25, -0.2) is 4.79 Å². The summed E-state index contributed by atoms with van der Waals surface area (Å²) in [4.78, 5) is 11.4. The van der Waals surface area contributed by atoms with Crippen LogP contribution < -0.4 is 0 Å². The highest BCUT2D eigenvalue weighted by atomic mass is 16.5. The van der Waals surface area contributed by atoms with Crippen molar-refractivity contribution in [2.24, 2.45) is 0 Å². The molecule has 3 nitrogen and oxygen atoms in total. The van der Waals surface area contributed by atoms with Crippen LogP contribution in [0.25, 0.3) is 0 Å². The van der Waals surface area contributed by atoms with Crippen molar-refractivity contribution in [3.8, 4) is 6.07 Å². The highest BCUT2D eigenvalue weighted by molar-refractivity contribution is 5.91. The number of carbonyl (C=O) groups is 1. The number of benzene rings is 1. The molecule has 1 aromatic rings. The lowest BCUT2D eigenvalue weighted by atomic mass is 10.1. The first-order valence-corrected chi connectivity index (χ1v) is 4.41. The maximum absolute atomic E-state index is 11.4. The molecular formula is C11H11NO2. The molecule has 0 aliphatic rings. The molecule has 72 valence electrons. The number of hydrogen-bond acceptors (Lipinski definition) is 3. The number of nitriles is 1. The lowest BCUT2D eigenvalue weighted by molar-refractivity contribution is 0.0525. The van der Waals surface area contributed by atoms with Crippen LogP contribution in [0.2, 0.25) is 0 Å². The molecule has 1 aromatic carbocycles. The average Bonchev–Trinajstić information content (AvgIpc) is 2.19. The van der Waals surface area contributed by atoms with E-state index in [1.165, 1.54) is 0 Å². The molecule has 0 heterocycles. The molecule has 0 saturated heterocycles. The van der Waals surface area contributed by atoms with E-state index in [4.69, 9.17) is 10.00 Å². The summed E-state index contributed by atoms with van der Waals surface area (Å²) in [6.45, 7) is 2.10. The van der Waals surface area contributed by atoms with E-state index >= 15 is 0 Å². The van der Waals surface area contributed by atoms with Gasteiger partial charge in [-0.1, -0.05) is 18.2 Å². The summed E-state index contributed by atoms with van der Waals surface area (Å²) in [5.74, 6) is -0.363. The Labute approximate surface area is 82.9 Å². The molecule has 0 bridgehead atoms. The van der Waals surface area contributed by atoms with E-state index in [1.807, 2.05) is 6.07 Å². The van der Waals surface area contributed by atoms with Crippen molar-refractivity contribution in [1.29, 1.82) is 5.26 Å². The third-order valence-electron chi connectivity index (χ3n) is 1.78. The van der Waals surface area contributed by atoms with Crippen LogP contribution in [0.15, 0.2) is 24.3 Å². The van der Waals surface area contributed by atoms with Crippen molar-refractivity contribution >= 4 is 5.97 Å². The third kappa shape index (κ3) is 2.33. The lowest BCUT2D eigenvalue weighted by Gasteiger charge is -2.05. The smallest absolute Gasteiger partial charge is 0.338 e. The van der Waals surface area contributed by atoms with Gasteiger partial charge >= 0.3 is 5.97 Å². The fourth-order valence-corrected chi connectivity index (χ4v) is 1.17. The molecule has 1 rings (SSSR count). The van der Waals surface area contributed by atoms with Crippen LogP contribution in [-0.4, -0.2) is 12.6 Å². The van der Waals surface area contributed by atoms with Crippen LogP contribution in [0.4, 0.5) is 0 Å². The molecule has 0 saturated carbocycles. The van der Waals surface area contributed by atoms with Crippen LogP contribution in [0.3, 0.4) is 0 Å². The van der Waals surface area contributed by atoms with E-state index < -0.39 is 0 Å². The molecule has 0 aliphatic carbocycles. The third-order valence-corrected chi connectivity index (χ3v) is 1.78. The second-order valence-corrected chi connectivity index (χ2v) is 2.71.